The van der Waals surface area contributed by atoms with Gasteiger partial charge in [0.1, 0.15) is 18.1 Å². The third-order valence-corrected chi connectivity index (χ3v) is 11.6. The highest BCUT2D eigenvalue weighted by Gasteiger charge is 2.43. The van der Waals surface area contributed by atoms with Crippen LogP contribution in [0.2, 0.25) is 0 Å². The van der Waals surface area contributed by atoms with Gasteiger partial charge in [-0.25, -0.2) is 0 Å². The normalized spacial score (nSPS) is 19.8. The number of alkyl halides is 1. The summed E-state index contributed by atoms with van der Waals surface area (Å²) in [5, 5.41) is 27.4. The third kappa shape index (κ3) is 25.1. The molecule has 17 heteroatoms. The largest absolute Gasteiger partial charge is 0.481 e. The molecule has 0 amide bonds. The average molecular weight is 988 g/mol. The minimum atomic E-state index is -1.66. The SMILES string of the molecule is CC.CCC(C)(C)C(=O)O.CCC(OC(=O)CCCC(=O)OC(CC1C/C(=C\CC(=O)OC)CC(O)([C@H](C)/C=C/C2OCCCO2)O1)[C@@H](C)OCc1ccccc1)C(C)(C)COC(=O)CCl.CO. The zero-order chi connectivity index (χ0) is 51.9. The molecular formula is C51H83ClO16. The van der Waals surface area contributed by atoms with Crippen LogP contribution in [0.1, 0.15) is 139 Å². The van der Waals surface area contributed by atoms with Crippen LogP contribution in [0.25, 0.3) is 0 Å². The molecule has 2 heterocycles. The smallest absolute Gasteiger partial charge is 0.320 e. The van der Waals surface area contributed by atoms with Crippen molar-refractivity contribution in [3.05, 3.63) is 59.7 Å². The van der Waals surface area contributed by atoms with E-state index in [1.807, 2.05) is 85.7 Å². The van der Waals surface area contributed by atoms with Gasteiger partial charge in [-0.05, 0) is 64.5 Å². The maximum Gasteiger partial charge on any atom is 0.320 e. The van der Waals surface area contributed by atoms with Gasteiger partial charge in [-0.1, -0.05) is 96.5 Å². The van der Waals surface area contributed by atoms with Gasteiger partial charge in [-0.15, -0.1) is 11.6 Å². The Morgan fingerprint density at radius 1 is 0.926 bits per heavy atom. The molecule has 0 aliphatic carbocycles. The molecule has 0 saturated carbocycles. The van der Waals surface area contributed by atoms with Gasteiger partial charge >= 0.3 is 29.8 Å². The Morgan fingerprint density at radius 3 is 2.06 bits per heavy atom. The van der Waals surface area contributed by atoms with Crippen molar-refractivity contribution in [1.29, 1.82) is 0 Å². The summed E-state index contributed by atoms with van der Waals surface area (Å²) < 4.78 is 45.7. The van der Waals surface area contributed by atoms with Gasteiger partial charge < -0.3 is 53.2 Å². The van der Waals surface area contributed by atoms with Crippen molar-refractivity contribution in [1.82, 2.24) is 0 Å². The summed E-state index contributed by atoms with van der Waals surface area (Å²) in [6.45, 7) is 19.9. The van der Waals surface area contributed by atoms with Gasteiger partial charge in [-0.2, -0.15) is 0 Å². The lowest BCUT2D eigenvalue weighted by molar-refractivity contribution is -0.266. The summed E-state index contributed by atoms with van der Waals surface area (Å²) in [5.41, 5.74) is 0.547. The number of benzene rings is 1. The van der Waals surface area contributed by atoms with Crippen LogP contribution in [-0.2, 0) is 68.5 Å². The van der Waals surface area contributed by atoms with Crippen molar-refractivity contribution in [3.63, 3.8) is 0 Å². The van der Waals surface area contributed by atoms with Crippen molar-refractivity contribution in [2.24, 2.45) is 16.7 Å². The average Bonchev–Trinajstić information content (AvgIpc) is 3.34. The number of aliphatic hydroxyl groups excluding tert-OH is 1. The van der Waals surface area contributed by atoms with Crippen molar-refractivity contribution in [2.75, 3.05) is 39.9 Å². The predicted molar refractivity (Wildman–Crippen MR) is 258 cm³/mol. The Morgan fingerprint density at radius 2 is 1.53 bits per heavy atom. The third-order valence-electron chi connectivity index (χ3n) is 11.4. The molecule has 2 aliphatic rings. The topological polar surface area (TPSA) is 220 Å². The molecule has 390 valence electrons. The summed E-state index contributed by atoms with van der Waals surface area (Å²) >= 11 is 5.54. The number of esters is 4. The van der Waals surface area contributed by atoms with E-state index in [4.69, 9.17) is 59.7 Å². The van der Waals surface area contributed by atoms with Crippen LogP contribution in [0.3, 0.4) is 0 Å². The highest BCUT2D eigenvalue weighted by molar-refractivity contribution is 6.26. The Kier molecular flexibility index (Phi) is 32.4. The molecule has 1 aromatic carbocycles. The molecule has 1 aromatic rings. The molecule has 0 radical (unpaired) electrons. The first-order valence-electron chi connectivity index (χ1n) is 23.7. The Hall–Kier alpha value is -3.90. The molecule has 2 fully saturated rings. The van der Waals surface area contributed by atoms with Gasteiger partial charge in [0.05, 0.1) is 57.6 Å². The van der Waals surface area contributed by atoms with E-state index in [-0.39, 0.29) is 57.6 Å². The number of carbonyl (C=O) groups is 5. The van der Waals surface area contributed by atoms with Crippen LogP contribution in [0.15, 0.2) is 54.1 Å². The Labute approximate surface area is 410 Å². The first-order valence-corrected chi connectivity index (χ1v) is 24.2. The second-order valence-electron chi connectivity index (χ2n) is 17.6. The van der Waals surface area contributed by atoms with Crippen LogP contribution in [0.4, 0.5) is 0 Å². The molecular weight excluding hydrogens is 904 g/mol. The summed E-state index contributed by atoms with van der Waals surface area (Å²) in [4.78, 5) is 60.1. The lowest BCUT2D eigenvalue weighted by atomic mass is 9.85. The molecule has 68 heavy (non-hydrogen) atoms. The molecule has 4 unspecified atom stereocenters. The summed E-state index contributed by atoms with van der Waals surface area (Å²) in [5.74, 6) is -5.14. The maximum atomic E-state index is 13.3. The van der Waals surface area contributed by atoms with Crippen LogP contribution in [-0.4, -0.2) is 122 Å². The molecule has 0 aromatic heterocycles. The highest BCUT2D eigenvalue weighted by atomic mass is 35.5. The van der Waals surface area contributed by atoms with E-state index < -0.39 is 83.1 Å². The highest BCUT2D eigenvalue weighted by Crippen LogP contribution is 2.39. The summed E-state index contributed by atoms with van der Waals surface area (Å²) in [7, 11) is 2.32. The van der Waals surface area contributed by atoms with Crippen LogP contribution in [0, 0.1) is 16.7 Å². The van der Waals surface area contributed by atoms with Gasteiger partial charge in [0.25, 0.3) is 0 Å². The maximum absolute atomic E-state index is 13.3. The lowest BCUT2D eigenvalue weighted by Gasteiger charge is -2.42. The lowest BCUT2D eigenvalue weighted by Crippen LogP contribution is -2.48. The van der Waals surface area contributed by atoms with E-state index in [2.05, 4.69) is 0 Å². The zero-order valence-electron chi connectivity index (χ0n) is 42.7. The Bertz CT molecular complexity index is 1660. The molecule has 0 spiro atoms. The van der Waals surface area contributed by atoms with Gasteiger partial charge in [0.15, 0.2) is 12.1 Å². The summed E-state index contributed by atoms with van der Waals surface area (Å²) in [6, 6.07) is 9.60. The number of halogens is 1. The van der Waals surface area contributed by atoms with Crippen molar-refractivity contribution >= 4 is 41.4 Å². The fourth-order valence-corrected chi connectivity index (χ4v) is 6.70. The standard InChI is InChI=1S/C42H61ClO13.C6H12O2.C2H6.CH4O/c1-7-35(41(4,5)28-53-39(47)26-43)55-38(46)16-11-15-37(45)54-34(30(3)52-27-31-13-9-8-10-14-31)24-33-23-32(18-19-36(44)49-6)25-42(48,56-33)29(2)17-20-40-50-21-12-22-51-40;1-4-6(2,3)5(7)8;2*1-2/h8-10,13-14,17-18,20,29-30,33-35,40,48H,7,11-12,15-16,19,21-28H2,1-6H3;4H2,1-3H3,(H,7,8);1-2H3;2H,1H3/b20-17+,32-18+;;;/t29-,30-,33?,34?,35?,42?;;;/m1.../s1. The molecule has 0 bridgehead atoms. The van der Waals surface area contributed by atoms with Crippen molar-refractivity contribution < 1.29 is 77.2 Å². The Balaban J connectivity index is 0.00000334. The number of ether oxygens (including phenoxy) is 8. The molecule has 16 nitrogen and oxygen atoms in total. The number of carbonyl (C=O) groups excluding carboxylic acids is 4. The molecule has 6 atom stereocenters. The number of aliphatic hydroxyl groups is 2. The van der Waals surface area contributed by atoms with E-state index in [0.29, 0.717) is 32.5 Å². The van der Waals surface area contributed by atoms with Gasteiger partial charge in [-0.3, -0.25) is 24.0 Å². The van der Waals surface area contributed by atoms with Crippen LogP contribution < -0.4 is 0 Å². The minimum Gasteiger partial charge on any atom is -0.481 e. The number of carboxylic acids is 1. The number of aliphatic carboxylic acids is 1. The quantitative estimate of drug-likeness (QED) is 0.0382. The first-order chi connectivity index (χ1) is 32.2. The monoisotopic (exact) mass is 987 g/mol. The van der Waals surface area contributed by atoms with Gasteiger partial charge in [0.2, 0.25) is 0 Å². The second kappa shape index (κ2) is 34.4. The summed E-state index contributed by atoms with van der Waals surface area (Å²) in [6.07, 6.45) is 5.08. The van der Waals surface area contributed by atoms with Crippen molar-refractivity contribution in [3.8, 4) is 0 Å². The van der Waals surface area contributed by atoms with Crippen molar-refractivity contribution in [2.45, 2.75) is 177 Å². The van der Waals surface area contributed by atoms with E-state index in [1.54, 1.807) is 32.1 Å². The number of rotatable bonds is 24. The van der Waals surface area contributed by atoms with E-state index >= 15 is 0 Å². The first kappa shape index (κ1) is 64.1. The number of hydrogen-bond acceptors (Lipinski definition) is 15. The molecule has 3 rings (SSSR count). The number of methoxy groups -OCH3 is 1. The zero-order valence-corrected chi connectivity index (χ0v) is 43.5. The molecule has 3 N–H and O–H groups in total. The van der Waals surface area contributed by atoms with E-state index in [0.717, 1.165) is 24.7 Å². The fraction of sp³-hybridized carbons (Fsp3) is 0.706. The number of carboxylic acid groups (broad SMARTS) is 1. The molecule has 2 saturated heterocycles. The van der Waals surface area contributed by atoms with E-state index in [9.17, 15) is 29.1 Å². The minimum absolute atomic E-state index is 0.0245. The van der Waals surface area contributed by atoms with Crippen LogP contribution >= 0.6 is 11.6 Å². The second-order valence-corrected chi connectivity index (χ2v) is 17.8. The molecule has 2 aliphatic heterocycles. The van der Waals surface area contributed by atoms with Crippen LogP contribution in [0.5, 0.6) is 0 Å². The predicted octanol–water partition coefficient (Wildman–Crippen LogP) is 8.65. The van der Waals surface area contributed by atoms with E-state index in [1.165, 1.54) is 7.11 Å². The van der Waals surface area contributed by atoms with Gasteiger partial charge in [0, 0.05) is 44.1 Å². The fourth-order valence-electron chi connectivity index (χ4n) is 6.62. The number of hydrogen-bond donors (Lipinski definition) is 3.